The highest BCUT2D eigenvalue weighted by molar-refractivity contribution is 9.10. The van der Waals surface area contributed by atoms with Crippen molar-refractivity contribution in [2.75, 3.05) is 0 Å². The first-order chi connectivity index (χ1) is 10.1. The highest BCUT2D eigenvalue weighted by atomic mass is 79.9. The molecule has 1 atom stereocenters. The van der Waals surface area contributed by atoms with E-state index in [4.69, 9.17) is 33.5 Å². The summed E-state index contributed by atoms with van der Waals surface area (Å²) in [5.41, 5.74) is 4.21. The van der Waals surface area contributed by atoms with Gasteiger partial charge in [-0.3, -0.25) is 5.84 Å². The van der Waals surface area contributed by atoms with Crippen molar-refractivity contribution in [3.05, 3.63) is 68.3 Å². The summed E-state index contributed by atoms with van der Waals surface area (Å²) in [6.45, 7) is 0. The maximum absolute atomic E-state index is 6.29. The number of nitrogens with two attached hydrogens (primary N) is 1. The Morgan fingerprint density at radius 1 is 1.10 bits per heavy atom. The van der Waals surface area contributed by atoms with Crippen molar-refractivity contribution in [3.8, 4) is 0 Å². The van der Waals surface area contributed by atoms with Crippen LogP contribution in [0, 0.1) is 0 Å². The van der Waals surface area contributed by atoms with E-state index in [1.54, 1.807) is 6.07 Å². The lowest BCUT2D eigenvalue weighted by molar-refractivity contribution is 0.477. The van der Waals surface area contributed by atoms with Crippen LogP contribution in [-0.4, -0.2) is 0 Å². The monoisotopic (exact) mass is 384 g/mol. The van der Waals surface area contributed by atoms with Gasteiger partial charge in [-0.25, -0.2) is 5.43 Å². The maximum atomic E-state index is 6.29. The second kappa shape index (κ2) is 5.99. The van der Waals surface area contributed by atoms with Crippen molar-refractivity contribution in [2.24, 2.45) is 5.84 Å². The third-order valence-electron chi connectivity index (χ3n) is 3.24. The second-order valence-corrected chi connectivity index (χ2v) is 6.30. The summed E-state index contributed by atoms with van der Waals surface area (Å²) in [6, 6.07) is 12.8. The largest absolute Gasteiger partial charge is 0.457 e. The third kappa shape index (κ3) is 2.82. The van der Waals surface area contributed by atoms with E-state index in [2.05, 4.69) is 21.4 Å². The van der Waals surface area contributed by atoms with Crippen molar-refractivity contribution in [1.29, 1.82) is 0 Å². The number of hydrogen-bond acceptors (Lipinski definition) is 3. The highest BCUT2D eigenvalue weighted by Gasteiger charge is 2.20. The van der Waals surface area contributed by atoms with Crippen LogP contribution in [0.5, 0.6) is 0 Å². The number of nitrogens with one attached hydrogen (secondary N) is 1. The molecular weight excluding hydrogens is 375 g/mol. The lowest BCUT2D eigenvalue weighted by Gasteiger charge is -2.15. The normalized spacial score (nSPS) is 12.8. The SMILES string of the molecule is NNC(c1cc2cccc(Cl)c2o1)c1ccc(Br)cc1Cl. The van der Waals surface area contributed by atoms with Crippen LogP contribution in [0.25, 0.3) is 11.0 Å². The van der Waals surface area contributed by atoms with E-state index in [0.29, 0.717) is 21.4 Å². The second-order valence-electron chi connectivity index (χ2n) is 4.57. The van der Waals surface area contributed by atoms with Gasteiger partial charge in [0.15, 0.2) is 5.58 Å². The molecule has 2 aromatic carbocycles. The Balaban J connectivity index is 2.11. The number of para-hydroxylation sites is 1. The third-order valence-corrected chi connectivity index (χ3v) is 4.36. The number of fused-ring (bicyclic) bond motifs is 1. The summed E-state index contributed by atoms with van der Waals surface area (Å²) >= 11 is 15.8. The zero-order valence-corrected chi connectivity index (χ0v) is 13.8. The topological polar surface area (TPSA) is 51.2 Å². The molecule has 0 saturated heterocycles. The number of benzene rings is 2. The lowest BCUT2D eigenvalue weighted by Crippen LogP contribution is -2.28. The van der Waals surface area contributed by atoms with E-state index < -0.39 is 0 Å². The van der Waals surface area contributed by atoms with Crippen molar-refractivity contribution < 1.29 is 4.42 Å². The van der Waals surface area contributed by atoms with Crippen LogP contribution in [0.3, 0.4) is 0 Å². The lowest BCUT2D eigenvalue weighted by atomic mass is 10.0. The van der Waals surface area contributed by atoms with Gasteiger partial charge < -0.3 is 4.42 Å². The zero-order valence-electron chi connectivity index (χ0n) is 10.7. The van der Waals surface area contributed by atoms with Gasteiger partial charge in [-0.05, 0) is 29.8 Å². The van der Waals surface area contributed by atoms with Crippen LogP contribution < -0.4 is 11.3 Å². The van der Waals surface area contributed by atoms with E-state index >= 15 is 0 Å². The average molecular weight is 386 g/mol. The highest BCUT2D eigenvalue weighted by Crippen LogP contribution is 2.34. The molecule has 0 saturated carbocycles. The fourth-order valence-corrected chi connectivity index (χ4v) is 3.25. The molecule has 0 fully saturated rings. The Hall–Kier alpha value is -1.04. The molecule has 3 N–H and O–H groups in total. The number of halogens is 3. The number of hydrogen-bond donors (Lipinski definition) is 2. The Morgan fingerprint density at radius 3 is 2.57 bits per heavy atom. The minimum Gasteiger partial charge on any atom is -0.457 e. The molecule has 0 amide bonds. The van der Waals surface area contributed by atoms with Crippen molar-refractivity contribution in [1.82, 2.24) is 5.43 Å². The molecule has 0 spiro atoms. The predicted molar refractivity (Wildman–Crippen MR) is 89.5 cm³/mol. The number of rotatable bonds is 3. The molecule has 1 aromatic heterocycles. The van der Waals surface area contributed by atoms with Crippen LogP contribution in [0.15, 0.2) is 51.4 Å². The predicted octanol–water partition coefficient (Wildman–Crippen LogP) is 5.05. The van der Waals surface area contributed by atoms with Gasteiger partial charge in [0.2, 0.25) is 0 Å². The smallest absolute Gasteiger partial charge is 0.152 e. The summed E-state index contributed by atoms with van der Waals surface area (Å²) in [5.74, 6) is 6.35. The van der Waals surface area contributed by atoms with Crippen LogP contribution in [0.4, 0.5) is 0 Å². The van der Waals surface area contributed by atoms with Crippen LogP contribution >= 0.6 is 39.1 Å². The van der Waals surface area contributed by atoms with Gasteiger partial charge in [-0.2, -0.15) is 0 Å². The molecule has 0 radical (unpaired) electrons. The van der Waals surface area contributed by atoms with Gasteiger partial charge in [0.1, 0.15) is 11.8 Å². The molecule has 3 nitrogen and oxygen atoms in total. The van der Waals surface area contributed by atoms with Gasteiger partial charge in [0.25, 0.3) is 0 Å². The average Bonchev–Trinajstić information content (AvgIpc) is 2.87. The molecule has 108 valence electrons. The fraction of sp³-hybridized carbons (Fsp3) is 0.0667. The fourth-order valence-electron chi connectivity index (χ4n) is 2.25. The van der Waals surface area contributed by atoms with E-state index in [0.717, 1.165) is 15.4 Å². The molecule has 1 unspecified atom stereocenters. The Labute approximate surface area is 140 Å². The summed E-state index contributed by atoms with van der Waals surface area (Å²) in [6.07, 6.45) is 0. The van der Waals surface area contributed by atoms with Crippen molar-refractivity contribution in [2.45, 2.75) is 6.04 Å². The summed E-state index contributed by atoms with van der Waals surface area (Å²) in [7, 11) is 0. The number of hydrazine groups is 1. The zero-order chi connectivity index (χ0) is 15.0. The molecule has 1 heterocycles. The molecule has 6 heteroatoms. The molecule has 0 aliphatic heterocycles. The van der Waals surface area contributed by atoms with Gasteiger partial charge in [0.05, 0.1) is 5.02 Å². The molecule has 3 aromatic rings. The van der Waals surface area contributed by atoms with Gasteiger partial charge in [-0.15, -0.1) is 0 Å². The summed E-state index contributed by atoms with van der Waals surface area (Å²) < 4.78 is 6.75. The van der Waals surface area contributed by atoms with Gasteiger partial charge in [0, 0.05) is 14.9 Å². The Kier molecular flexibility index (Phi) is 4.24. The minimum atomic E-state index is -0.353. The van der Waals surface area contributed by atoms with Gasteiger partial charge in [-0.1, -0.05) is 57.3 Å². The standard InChI is InChI=1S/C15H11BrCl2N2O/c16-9-4-5-10(12(18)7-9)14(20-19)13-6-8-2-1-3-11(17)15(8)21-13/h1-7,14,20H,19H2. The first-order valence-electron chi connectivity index (χ1n) is 6.19. The van der Waals surface area contributed by atoms with E-state index in [1.165, 1.54) is 0 Å². The molecule has 3 rings (SSSR count). The maximum Gasteiger partial charge on any atom is 0.152 e. The molecule has 0 bridgehead atoms. The van der Waals surface area contributed by atoms with Crippen LogP contribution in [-0.2, 0) is 0 Å². The van der Waals surface area contributed by atoms with E-state index in [1.807, 2.05) is 36.4 Å². The summed E-state index contributed by atoms with van der Waals surface area (Å²) in [5, 5.41) is 2.08. The quantitative estimate of drug-likeness (QED) is 0.489. The molecule has 0 aliphatic carbocycles. The summed E-state index contributed by atoms with van der Waals surface area (Å²) in [4.78, 5) is 0. The Morgan fingerprint density at radius 2 is 1.90 bits per heavy atom. The Bertz CT molecular complexity index is 803. The van der Waals surface area contributed by atoms with E-state index in [-0.39, 0.29) is 6.04 Å². The van der Waals surface area contributed by atoms with Gasteiger partial charge >= 0.3 is 0 Å². The van der Waals surface area contributed by atoms with Crippen molar-refractivity contribution in [3.63, 3.8) is 0 Å². The molecule has 0 aliphatic rings. The molecular formula is C15H11BrCl2N2O. The van der Waals surface area contributed by atoms with E-state index in [9.17, 15) is 0 Å². The minimum absolute atomic E-state index is 0.353. The molecule has 21 heavy (non-hydrogen) atoms. The first-order valence-corrected chi connectivity index (χ1v) is 7.74. The van der Waals surface area contributed by atoms with Crippen LogP contribution in [0.1, 0.15) is 17.4 Å². The van der Waals surface area contributed by atoms with Crippen molar-refractivity contribution >= 4 is 50.1 Å². The van der Waals surface area contributed by atoms with Crippen LogP contribution in [0.2, 0.25) is 10.0 Å². The first kappa shape index (κ1) is 14.9. The number of furan rings is 1.